The van der Waals surface area contributed by atoms with Crippen LogP contribution in [0, 0.1) is 0 Å². The summed E-state index contributed by atoms with van der Waals surface area (Å²) < 4.78 is 1.80. The molecule has 0 bridgehead atoms. The number of hydrogen-bond donors (Lipinski definition) is 2. The highest BCUT2D eigenvalue weighted by atomic mass is 32.1. The zero-order valence-corrected chi connectivity index (χ0v) is 17.4. The number of carbonyl (C=O) groups is 2. The van der Waals surface area contributed by atoms with Gasteiger partial charge in [-0.3, -0.25) is 19.6 Å². The number of hydrogen-bond acceptors (Lipinski definition) is 5. The predicted molar refractivity (Wildman–Crippen MR) is 114 cm³/mol. The molecule has 1 fully saturated rings. The van der Waals surface area contributed by atoms with Crippen molar-refractivity contribution >= 4 is 34.0 Å². The Labute approximate surface area is 173 Å². The summed E-state index contributed by atoms with van der Waals surface area (Å²) >= 11 is 1.36. The van der Waals surface area contributed by atoms with E-state index in [0.717, 1.165) is 18.5 Å². The standard InChI is InChI=1S/C21H23N5O2S/c1-21(2,3)26-17(12-16(25-26)13-4-5-13)19(28)23-15-8-6-14(7-9-15)18(27)24-20-22-10-11-29-20/h6-13H,4-5H2,1-3H3,(H,23,28)(H,22,24,27). The fourth-order valence-corrected chi connectivity index (χ4v) is 3.53. The lowest BCUT2D eigenvalue weighted by Gasteiger charge is -2.22. The summed E-state index contributed by atoms with van der Waals surface area (Å²) in [6.45, 7) is 6.09. The van der Waals surface area contributed by atoms with Gasteiger partial charge >= 0.3 is 0 Å². The van der Waals surface area contributed by atoms with Gasteiger partial charge in [-0.1, -0.05) is 0 Å². The first-order chi connectivity index (χ1) is 13.8. The van der Waals surface area contributed by atoms with Gasteiger partial charge < -0.3 is 5.32 Å². The lowest BCUT2D eigenvalue weighted by atomic mass is 10.1. The molecule has 0 spiro atoms. The topological polar surface area (TPSA) is 88.9 Å². The van der Waals surface area contributed by atoms with E-state index in [1.54, 1.807) is 40.5 Å². The Morgan fingerprint density at radius 1 is 1.10 bits per heavy atom. The molecule has 0 radical (unpaired) electrons. The van der Waals surface area contributed by atoms with Crippen LogP contribution in [0.4, 0.5) is 10.8 Å². The molecule has 2 aromatic heterocycles. The van der Waals surface area contributed by atoms with Crippen LogP contribution in [-0.4, -0.2) is 26.6 Å². The zero-order valence-electron chi connectivity index (χ0n) is 16.6. The Morgan fingerprint density at radius 3 is 2.41 bits per heavy atom. The maximum Gasteiger partial charge on any atom is 0.273 e. The normalized spacial score (nSPS) is 13.9. The molecule has 0 saturated heterocycles. The minimum absolute atomic E-state index is 0.209. The summed E-state index contributed by atoms with van der Waals surface area (Å²) in [5.41, 5.74) is 2.35. The van der Waals surface area contributed by atoms with Crippen LogP contribution in [0.2, 0.25) is 0 Å². The molecule has 0 unspecified atom stereocenters. The van der Waals surface area contributed by atoms with E-state index in [9.17, 15) is 9.59 Å². The average Bonchev–Trinajstić information content (AvgIpc) is 3.20. The number of nitrogens with zero attached hydrogens (tertiary/aromatic N) is 3. The van der Waals surface area contributed by atoms with Gasteiger partial charge in [0.15, 0.2) is 5.13 Å². The second-order valence-electron chi connectivity index (χ2n) is 8.13. The fourth-order valence-electron chi connectivity index (χ4n) is 3.01. The van der Waals surface area contributed by atoms with Gasteiger partial charge in [0, 0.05) is 28.7 Å². The fraction of sp³-hybridized carbons (Fsp3) is 0.333. The molecule has 7 nitrogen and oxygen atoms in total. The summed E-state index contributed by atoms with van der Waals surface area (Å²) in [6.07, 6.45) is 3.90. The molecule has 8 heteroatoms. The van der Waals surface area contributed by atoms with Crippen LogP contribution in [-0.2, 0) is 5.54 Å². The molecule has 2 amide bonds. The van der Waals surface area contributed by atoms with Gasteiger partial charge in [-0.05, 0) is 63.9 Å². The lowest BCUT2D eigenvalue weighted by Crippen LogP contribution is -2.29. The highest BCUT2D eigenvalue weighted by Crippen LogP contribution is 2.40. The predicted octanol–water partition coefficient (Wildman–Crippen LogP) is 4.48. The molecule has 2 N–H and O–H groups in total. The minimum atomic E-state index is -0.294. The van der Waals surface area contributed by atoms with Crippen molar-refractivity contribution in [2.75, 3.05) is 10.6 Å². The van der Waals surface area contributed by atoms with Gasteiger partial charge in [0.05, 0.1) is 11.2 Å². The maximum absolute atomic E-state index is 12.9. The summed E-state index contributed by atoms with van der Waals surface area (Å²) in [6, 6.07) is 8.68. The molecule has 4 rings (SSSR count). The van der Waals surface area contributed by atoms with Crippen LogP contribution >= 0.6 is 11.3 Å². The highest BCUT2D eigenvalue weighted by Gasteiger charge is 2.31. The SMILES string of the molecule is CC(C)(C)n1nc(C2CC2)cc1C(=O)Nc1ccc(C(=O)Nc2nccs2)cc1. The Kier molecular flexibility index (Phi) is 4.96. The Balaban J connectivity index is 1.48. The first kappa shape index (κ1) is 19.3. The van der Waals surface area contributed by atoms with Crippen LogP contribution in [0.3, 0.4) is 0 Å². The van der Waals surface area contributed by atoms with Gasteiger partial charge in [0.2, 0.25) is 0 Å². The van der Waals surface area contributed by atoms with E-state index in [-0.39, 0.29) is 17.4 Å². The van der Waals surface area contributed by atoms with Gasteiger partial charge in [-0.2, -0.15) is 5.10 Å². The van der Waals surface area contributed by atoms with Crippen molar-refractivity contribution in [1.82, 2.24) is 14.8 Å². The number of rotatable bonds is 5. The molecule has 1 saturated carbocycles. The Bertz CT molecular complexity index is 1030. The molecule has 0 atom stereocenters. The van der Waals surface area contributed by atoms with Crippen LogP contribution in [0.15, 0.2) is 41.9 Å². The number of aromatic nitrogens is 3. The molecule has 29 heavy (non-hydrogen) atoms. The second-order valence-corrected chi connectivity index (χ2v) is 9.03. The molecular weight excluding hydrogens is 386 g/mol. The number of thiazole rings is 1. The zero-order chi connectivity index (χ0) is 20.6. The van der Waals surface area contributed by atoms with E-state index in [1.807, 2.05) is 26.8 Å². The van der Waals surface area contributed by atoms with Crippen molar-refractivity contribution in [2.45, 2.75) is 45.1 Å². The van der Waals surface area contributed by atoms with E-state index in [2.05, 4.69) is 20.7 Å². The van der Waals surface area contributed by atoms with Crippen molar-refractivity contribution in [3.63, 3.8) is 0 Å². The van der Waals surface area contributed by atoms with Gasteiger partial charge in [-0.15, -0.1) is 11.3 Å². The first-order valence-electron chi connectivity index (χ1n) is 9.54. The Hall–Kier alpha value is -3.00. The van der Waals surface area contributed by atoms with Gasteiger partial charge in [-0.25, -0.2) is 4.98 Å². The number of nitrogens with one attached hydrogen (secondary N) is 2. The van der Waals surface area contributed by atoms with Crippen molar-refractivity contribution in [3.05, 3.63) is 58.9 Å². The van der Waals surface area contributed by atoms with Gasteiger partial charge in [0.25, 0.3) is 11.8 Å². The molecule has 1 aliphatic carbocycles. The molecule has 150 valence electrons. The van der Waals surface area contributed by atoms with Crippen molar-refractivity contribution < 1.29 is 9.59 Å². The van der Waals surface area contributed by atoms with Crippen LogP contribution in [0.25, 0.3) is 0 Å². The monoisotopic (exact) mass is 409 g/mol. The smallest absolute Gasteiger partial charge is 0.273 e. The third-order valence-electron chi connectivity index (χ3n) is 4.65. The quantitative estimate of drug-likeness (QED) is 0.650. The number of anilines is 2. The van der Waals surface area contributed by atoms with E-state index < -0.39 is 0 Å². The van der Waals surface area contributed by atoms with E-state index in [4.69, 9.17) is 0 Å². The Morgan fingerprint density at radius 2 is 1.83 bits per heavy atom. The molecule has 3 aromatic rings. The number of amides is 2. The second kappa shape index (κ2) is 7.44. The highest BCUT2D eigenvalue weighted by molar-refractivity contribution is 7.13. The van der Waals surface area contributed by atoms with Crippen LogP contribution in [0.5, 0.6) is 0 Å². The van der Waals surface area contributed by atoms with Crippen molar-refractivity contribution in [2.24, 2.45) is 0 Å². The molecule has 0 aliphatic heterocycles. The third kappa shape index (κ3) is 4.37. The first-order valence-corrected chi connectivity index (χ1v) is 10.4. The van der Waals surface area contributed by atoms with E-state index >= 15 is 0 Å². The maximum atomic E-state index is 12.9. The molecular formula is C21H23N5O2S. The number of benzene rings is 1. The summed E-state index contributed by atoms with van der Waals surface area (Å²) in [7, 11) is 0. The van der Waals surface area contributed by atoms with Gasteiger partial charge in [0.1, 0.15) is 5.69 Å². The summed E-state index contributed by atoms with van der Waals surface area (Å²) in [4.78, 5) is 29.2. The van der Waals surface area contributed by atoms with Crippen molar-refractivity contribution in [3.8, 4) is 0 Å². The average molecular weight is 410 g/mol. The largest absolute Gasteiger partial charge is 0.321 e. The van der Waals surface area contributed by atoms with Crippen LogP contribution < -0.4 is 10.6 Å². The summed E-state index contributed by atoms with van der Waals surface area (Å²) in [5, 5.41) is 12.7. The van der Waals surface area contributed by atoms with E-state index in [1.165, 1.54) is 11.3 Å². The third-order valence-corrected chi connectivity index (χ3v) is 5.34. The lowest BCUT2D eigenvalue weighted by molar-refractivity contribution is 0.100. The molecule has 1 aliphatic rings. The van der Waals surface area contributed by atoms with Crippen molar-refractivity contribution in [1.29, 1.82) is 0 Å². The van der Waals surface area contributed by atoms with E-state index in [0.29, 0.717) is 28.0 Å². The molecule has 1 aromatic carbocycles. The minimum Gasteiger partial charge on any atom is -0.321 e. The number of carbonyl (C=O) groups excluding carboxylic acids is 2. The van der Waals surface area contributed by atoms with Crippen LogP contribution in [0.1, 0.15) is 66.1 Å². The molecule has 2 heterocycles. The summed E-state index contributed by atoms with van der Waals surface area (Å²) in [5.74, 6) is 0.0257.